The van der Waals surface area contributed by atoms with Crippen LogP contribution in [0.15, 0.2) is 71.9 Å². The molecule has 2 N–H and O–H groups in total. The summed E-state index contributed by atoms with van der Waals surface area (Å²) in [6.07, 6.45) is 7.52. The molecule has 0 bridgehead atoms. The van der Waals surface area contributed by atoms with Gasteiger partial charge in [-0.05, 0) is 72.9 Å². The van der Waals surface area contributed by atoms with Crippen LogP contribution in [-0.4, -0.2) is 30.5 Å². The summed E-state index contributed by atoms with van der Waals surface area (Å²) in [5, 5.41) is 7.98. The SMILES string of the molecule is CS(=O)(=O)c1ccc(Nc2cc3c(C#Cc4ccc5c(c4)NC(=O)C54CCC4)nccc3cn2)cc1. The van der Waals surface area contributed by atoms with Crippen molar-refractivity contribution in [2.75, 3.05) is 16.9 Å². The highest BCUT2D eigenvalue weighted by molar-refractivity contribution is 7.90. The van der Waals surface area contributed by atoms with Crippen LogP contribution in [0.2, 0.25) is 0 Å². The van der Waals surface area contributed by atoms with E-state index in [9.17, 15) is 13.2 Å². The molecule has 0 radical (unpaired) electrons. The Morgan fingerprint density at radius 2 is 1.81 bits per heavy atom. The summed E-state index contributed by atoms with van der Waals surface area (Å²) in [6, 6.07) is 16.2. The molecule has 36 heavy (non-hydrogen) atoms. The number of aromatic nitrogens is 2. The second-order valence-corrected chi connectivity index (χ2v) is 11.3. The Balaban J connectivity index is 1.29. The van der Waals surface area contributed by atoms with E-state index >= 15 is 0 Å². The van der Waals surface area contributed by atoms with E-state index in [2.05, 4.69) is 32.4 Å². The van der Waals surface area contributed by atoms with E-state index in [0.717, 1.165) is 52.5 Å². The zero-order valence-electron chi connectivity index (χ0n) is 19.5. The fraction of sp³-hybridized carbons (Fsp3) is 0.179. The second-order valence-electron chi connectivity index (χ2n) is 9.27. The third-order valence-electron chi connectivity index (χ3n) is 6.95. The van der Waals surface area contributed by atoms with Crippen LogP contribution in [0.5, 0.6) is 0 Å². The van der Waals surface area contributed by atoms with Crippen molar-refractivity contribution in [3.05, 3.63) is 83.8 Å². The zero-order valence-corrected chi connectivity index (χ0v) is 20.3. The van der Waals surface area contributed by atoms with Gasteiger partial charge in [-0.3, -0.25) is 4.79 Å². The molecule has 2 aromatic heterocycles. The number of hydrogen-bond donors (Lipinski definition) is 2. The molecule has 1 aliphatic carbocycles. The average Bonchev–Trinajstić information content (AvgIpc) is 3.14. The number of pyridine rings is 2. The molecule has 0 atom stereocenters. The summed E-state index contributed by atoms with van der Waals surface area (Å²) in [6.45, 7) is 0. The van der Waals surface area contributed by atoms with Gasteiger partial charge in [0.25, 0.3) is 0 Å². The molecule has 2 aliphatic rings. The lowest BCUT2D eigenvalue weighted by molar-refractivity contribution is -0.123. The lowest BCUT2D eigenvalue weighted by Crippen LogP contribution is -2.40. The molecule has 0 unspecified atom stereocenters. The number of amides is 1. The normalized spacial score (nSPS) is 15.5. The van der Waals surface area contributed by atoms with Gasteiger partial charge in [0.15, 0.2) is 9.84 Å². The van der Waals surface area contributed by atoms with Crippen LogP contribution in [-0.2, 0) is 20.0 Å². The Bertz CT molecular complexity index is 1710. The number of nitrogens with one attached hydrogen (secondary N) is 2. The first kappa shape index (κ1) is 22.3. The maximum absolute atomic E-state index is 12.5. The zero-order chi connectivity index (χ0) is 24.9. The summed E-state index contributed by atoms with van der Waals surface area (Å²) in [7, 11) is -3.25. The predicted octanol–water partition coefficient (Wildman–Crippen LogP) is 4.55. The number of rotatable bonds is 3. The van der Waals surface area contributed by atoms with Gasteiger partial charge < -0.3 is 10.6 Å². The van der Waals surface area contributed by atoms with Gasteiger partial charge in [-0.25, -0.2) is 18.4 Å². The van der Waals surface area contributed by atoms with Gasteiger partial charge in [-0.15, -0.1) is 0 Å². The topological polar surface area (TPSA) is 101 Å². The van der Waals surface area contributed by atoms with Gasteiger partial charge >= 0.3 is 0 Å². The van der Waals surface area contributed by atoms with Crippen molar-refractivity contribution in [1.29, 1.82) is 0 Å². The Labute approximate surface area is 208 Å². The monoisotopic (exact) mass is 494 g/mol. The summed E-state index contributed by atoms with van der Waals surface area (Å²) in [5.41, 5.74) is 3.75. The van der Waals surface area contributed by atoms with Gasteiger partial charge in [0.1, 0.15) is 11.5 Å². The molecule has 0 saturated heterocycles. The fourth-order valence-corrected chi connectivity index (χ4v) is 5.46. The third kappa shape index (κ3) is 3.78. The number of carbonyl (C=O) groups excluding carboxylic acids is 1. The van der Waals surface area contributed by atoms with Gasteiger partial charge in [0.05, 0.1) is 10.3 Å². The summed E-state index contributed by atoms with van der Waals surface area (Å²) < 4.78 is 23.4. The summed E-state index contributed by atoms with van der Waals surface area (Å²) in [4.78, 5) is 21.7. The predicted molar refractivity (Wildman–Crippen MR) is 139 cm³/mol. The van der Waals surface area contributed by atoms with Crippen molar-refractivity contribution in [3.8, 4) is 11.8 Å². The van der Waals surface area contributed by atoms with Crippen molar-refractivity contribution in [3.63, 3.8) is 0 Å². The minimum absolute atomic E-state index is 0.100. The van der Waals surface area contributed by atoms with Gasteiger partial charge in [-0.2, -0.15) is 0 Å². The fourth-order valence-electron chi connectivity index (χ4n) is 4.83. The third-order valence-corrected chi connectivity index (χ3v) is 8.08. The standard InChI is InChI=1S/C28H22N4O3S/c1-36(34,35)21-7-5-20(6-8-21)31-26-16-22-19(17-30-26)11-14-29-24(22)10-4-18-3-9-23-25(15-18)32-27(33)28(23)12-2-13-28/h3,5-9,11,14-17H,2,12-13H2,1H3,(H,30,31)(H,32,33). The molecular weight excluding hydrogens is 472 g/mol. The van der Waals surface area contributed by atoms with Crippen molar-refractivity contribution >= 4 is 43.7 Å². The molecule has 6 rings (SSSR count). The number of hydrogen-bond acceptors (Lipinski definition) is 6. The van der Waals surface area contributed by atoms with Crippen molar-refractivity contribution in [2.45, 2.75) is 29.6 Å². The Morgan fingerprint density at radius 1 is 1.00 bits per heavy atom. The van der Waals surface area contributed by atoms with Gasteiger partial charge in [0.2, 0.25) is 5.91 Å². The van der Waals surface area contributed by atoms with E-state index in [0.29, 0.717) is 11.5 Å². The Morgan fingerprint density at radius 3 is 2.53 bits per heavy atom. The molecule has 3 heterocycles. The first-order valence-electron chi connectivity index (χ1n) is 11.6. The van der Waals surface area contributed by atoms with Crippen molar-refractivity contribution in [2.24, 2.45) is 0 Å². The highest BCUT2D eigenvalue weighted by atomic mass is 32.2. The van der Waals surface area contributed by atoms with Crippen LogP contribution in [0.3, 0.4) is 0 Å². The number of nitrogens with zero attached hydrogens (tertiary/aromatic N) is 2. The largest absolute Gasteiger partial charge is 0.340 e. The van der Waals surface area contributed by atoms with E-state index in [4.69, 9.17) is 0 Å². The maximum atomic E-state index is 12.5. The van der Waals surface area contributed by atoms with Crippen LogP contribution < -0.4 is 10.6 Å². The number of anilines is 3. The first-order chi connectivity index (χ1) is 17.3. The lowest BCUT2D eigenvalue weighted by atomic mass is 9.65. The number of benzene rings is 2. The lowest BCUT2D eigenvalue weighted by Gasteiger charge is -2.36. The molecule has 1 spiro atoms. The van der Waals surface area contributed by atoms with E-state index in [1.807, 2.05) is 30.3 Å². The smallest absolute Gasteiger partial charge is 0.235 e. The van der Waals surface area contributed by atoms with Crippen LogP contribution in [0.1, 0.15) is 36.1 Å². The second kappa shape index (κ2) is 8.18. The minimum atomic E-state index is -3.25. The highest BCUT2D eigenvalue weighted by Gasteiger charge is 2.50. The van der Waals surface area contributed by atoms with E-state index in [1.165, 1.54) is 6.26 Å². The Hall–Kier alpha value is -4.22. The van der Waals surface area contributed by atoms with Crippen LogP contribution in [0, 0.1) is 11.8 Å². The molecule has 4 aromatic rings. The van der Waals surface area contributed by atoms with Gasteiger partial charge in [0, 0.05) is 46.4 Å². The molecule has 2 aromatic carbocycles. The molecule has 1 fully saturated rings. The molecule has 8 heteroatoms. The van der Waals surface area contributed by atoms with E-state index in [1.54, 1.807) is 36.7 Å². The summed E-state index contributed by atoms with van der Waals surface area (Å²) >= 11 is 0. The molecular formula is C28H22N4O3S. The van der Waals surface area contributed by atoms with Crippen molar-refractivity contribution < 1.29 is 13.2 Å². The van der Waals surface area contributed by atoms with Crippen molar-refractivity contribution in [1.82, 2.24) is 9.97 Å². The maximum Gasteiger partial charge on any atom is 0.235 e. The number of carbonyl (C=O) groups is 1. The number of sulfone groups is 1. The molecule has 178 valence electrons. The van der Waals surface area contributed by atoms with Crippen LogP contribution in [0.25, 0.3) is 10.8 Å². The molecule has 7 nitrogen and oxygen atoms in total. The number of fused-ring (bicyclic) bond motifs is 3. The molecule has 1 saturated carbocycles. The summed E-state index contributed by atoms with van der Waals surface area (Å²) in [5.74, 6) is 7.06. The first-order valence-corrected chi connectivity index (χ1v) is 13.5. The van der Waals surface area contributed by atoms with Gasteiger partial charge in [-0.1, -0.05) is 18.4 Å². The van der Waals surface area contributed by atoms with Crippen LogP contribution in [0.4, 0.5) is 17.2 Å². The van der Waals surface area contributed by atoms with E-state index < -0.39 is 9.84 Å². The minimum Gasteiger partial charge on any atom is -0.340 e. The van der Waals surface area contributed by atoms with Crippen LogP contribution >= 0.6 is 0 Å². The quantitative estimate of drug-likeness (QED) is 0.405. The Kier molecular flexibility index (Phi) is 5.06. The average molecular weight is 495 g/mol. The highest BCUT2D eigenvalue weighted by Crippen LogP contribution is 2.51. The molecule has 1 aliphatic heterocycles. The molecule has 1 amide bonds. The van der Waals surface area contributed by atoms with E-state index in [-0.39, 0.29) is 16.2 Å².